The van der Waals surface area contributed by atoms with Crippen LogP contribution in [0.15, 0.2) is 144 Å². The molecule has 9 rings (SSSR count). The highest BCUT2D eigenvalue weighted by Crippen LogP contribution is 2.64. The summed E-state index contributed by atoms with van der Waals surface area (Å²) in [5.74, 6) is -60.4. The van der Waals surface area contributed by atoms with Gasteiger partial charge in [0.2, 0.25) is 0 Å². The summed E-state index contributed by atoms with van der Waals surface area (Å²) in [4.78, 5) is 12.1. The number of carbonyl (C=O) groups is 1. The Hall–Kier alpha value is -6.31. The molecule has 1 atom stereocenters. The highest BCUT2D eigenvalue weighted by molar-refractivity contribution is 7.99. The van der Waals surface area contributed by atoms with Crippen molar-refractivity contribution in [2.24, 2.45) is 0 Å². The third-order valence-corrected chi connectivity index (χ3v) is 13.8. The van der Waals surface area contributed by atoms with Gasteiger partial charge in [-0.25, -0.2) is 0 Å². The van der Waals surface area contributed by atoms with Crippen LogP contribution in [0.2, 0.25) is 0 Å². The number of hydrogen-bond acceptors (Lipinski definition) is 2. The number of benzene rings is 9. The van der Waals surface area contributed by atoms with Gasteiger partial charge in [-0.1, -0.05) is 127 Å². The molecule has 20 heteroatoms. The monoisotopic (exact) mass is 1040 g/mol. The molecule has 0 aromatic heterocycles. The minimum absolute atomic E-state index is 0.0464. The second-order valence-corrected chi connectivity index (χ2v) is 18.3. The Morgan fingerprint density at radius 3 is 1.21 bits per heavy atom. The van der Waals surface area contributed by atoms with Gasteiger partial charge in [0, 0.05) is 17.1 Å². The molecule has 0 aliphatic heterocycles. The zero-order valence-electron chi connectivity index (χ0n) is 36.4. The third-order valence-electron chi connectivity index (χ3n) is 12.8. The van der Waals surface area contributed by atoms with Crippen LogP contribution >= 0.6 is 11.8 Å². The van der Waals surface area contributed by atoms with Crippen molar-refractivity contribution in [3.8, 4) is 0 Å². The first-order chi connectivity index (χ1) is 33.5. The molecule has 0 spiro atoms. The topological polar surface area (TPSA) is 37.3 Å². The average Bonchev–Trinajstić information content (AvgIpc) is 3.32. The predicted octanol–water partition coefficient (Wildman–Crippen LogP) is 17.5. The van der Waals surface area contributed by atoms with Crippen molar-refractivity contribution in [2.75, 3.05) is 5.75 Å². The van der Waals surface area contributed by atoms with Crippen molar-refractivity contribution < 1.29 is 84.5 Å². The predicted molar refractivity (Wildman–Crippen MR) is 241 cm³/mol. The van der Waals surface area contributed by atoms with Gasteiger partial charge < -0.3 is 5.11 Å². The number of thioether (sulfide) groups is 1. The molecule has 1 unspecified atom stereocenters. The Kier molecular flexibility index (Phi) is 13.0. The maximum atomic E-state index is 14.3. The lowest BCUT2D eigenvalue weighted by Gasteiger charge is -2.42. The molecule has 0 fully saturated rings. The molecular weight excluding hydrogens is 1010 g/mol. The molecule has 2 nitrogen and oxygen atoms in total. The molecule has 72 heavy (non-hydrogen) atoms. The number of aryl methyl sites for hydroxylation is 1. The molecule has 0 saturated heterocycles. The zero-order valence-corrected chi connectivity index (χ0v) is 37.2. The number of carboxylic acids is 1. The van der Waals surface area contributed by atoms with Gasteiger partial charge in [-0.15, -0.1) is 11.8 Å². The maximum Gasteiger partial charge on any atom is 0.460 e. The second kappa shape index (κ2) is 18.0. The van der Waals surface area contributed by atoms with Crippen molar-refractivity contribution in [2.45, 2.75) is 77.7 Å². The van der Waals surface area contributed by atoms with Crippen molar-refractivity contribution in [1.29, 1.82) is 0 Å². The SMILES string of the molecule is O=C(O)C(CCc1ccc2ccc3cccc4ccc1c2c34)c1ccc(SCCC(F)(F)C(F)(F)C(F)(F)C(F)(F)C(F)(F)C(F)(F)C(F)(F)C(F)(F)F)cc1.c1cc2ccc3cccc4ccc(c1)c2c34. The summed E-state index contributed by atoms with van der Waals surface area (Å²) < 4.78 is 230. The quantitative estimate of drug-likeness (QED) is 0.0632. The van der Waals surface area contributed by atoms with E-state index < -0.39 is 71.7 Å². The smallest absolute Gasteiger partial charge is 0.460 e. The molecule has 9 aromatic carbocycles. The van der Waals surface area contributed by atoms with Gasteiger partial charge in [0.05, 0.1) is 5.92 Å². The molecule has 0 heterocycles. The summed E-state index contributed by atoms with van der Waals surface area (Å²) in [5.41, 5.74) is 0.999. The Morgan fingerprint density at radius 2 is 0.792 bits per heavy atom. The number of aliphatic carboxylic acids is 1. The zero-order chi connectivity index (χ0) is 52.6. The fourth-order valence-electron chi connectivity index (χ4n) is 8.86. The van der Waals surface area contributed by atoms with E-state index in [1.165, 1.54) is 44.5 Å². The van der Waals surface area contributed by atoms with E-state index in [-0.39, 0.29) is 35.1 Å². The van der Waals surface area contributed by atoms with Gasteiger partial charge >= 0.3 is 53.6 Å². The lowest BCUT2D eigenvalue weighted by atomic mass is 9.88. The standard InChI is InChI=1S/C36H23F17O2S.C16H10/c37-29(38,30(39,40)31(41,42)32(43,44)33(45,46)34(47,48)35(49,50)36(51,52)53)16-17-56-23-12-8-19(9-13-23)25(28(54)55)15-10-18-4-5-22-7-6-20-2-1-3-21-11-14-24(18)27(22)26(20)21;1-3-11-7-9-13-5-2-6-14-10-8-12(4-1)15(11)16(13)14/h1-9,11-14,25H,10,15-17H2,(H,54,55);1-10H. The molecule has 0 aliphatic rings. The van der Waals surface area contributed by atoms with Crippen LogP contribution in [-0.2, 0) is 11.2 Å². The summed E-state index contributed by atoms with van der Waals surface area (Å²) in [7, 11) is 0. The molecular formula is C52H33F17O2S. The van der Waals surface area contributed by atoms with Crippen molar-refractivity contribution in [3.05, 3.63) is 151 Å². The number of carboxylic acid groups (broad SMARTS) is 1. The van der Waals surface area contributed by atoms with E-state index in [9.17, 15) is 84.5 Å². The van der Waals surface area contributed by atoms with Crippen LogP contribution in [0, 0.1) is 0 Å². The molecule has 0 radical (unpaired) electrons. The van der Waals surface area contributed by atoms with Crippen LogP contribution in [0.3, 0.4) is 0 Å². The normalized spacial score (nSPS) is 14.2. The Bertz CT molecular complexity index is 3280. The van der Waals surface area contributed by atoms with E-state index in [1.807, 2.05) is 54.6 Å². The first kappa shape index (κ1) is 52.0. The minimum Gasteiger partial charge on any atom is -0.481 e. The summed E-state index contributed by atoms with van der Waals surface area (Å²) in [6, 6.07) is 43.8. The largest absolute Gasteiger partial charge is 0.481 e. The fraction of sp³-hybridized carbons (Fsp3) is 0.250. The minimum atomic E-state index is -8.67. The van der Waals surface area contributed by atoms with Crippen molar-refractivity contribution in [3.63, 3.8) is 0 Å². The van der Waals surface area contributed by atoms with Crippen LogP contribution in [0.4, 0.5) is 74.6 Å². The number of rotatable bonds is 15. The Balaban J connectivity index is 0.000000359. The number of hydrogen-bond donors (Lipinski definition) is 1. The summed E-state index contributed by atoms with van der Waals surface area (Å²) in [6.07, 6.45) is -10.1. The molecule has 0 amide bonds. The average molecular weight is 1040 g/mol. The van der Waals surface area contributed by atoms with E-state index in [4.69, 9.17) is 0 Å². The van der Waals surface area contributed by atoms with Gasteiger partial charge in [0.1, 0.15) is 0 Å². The van der Waals surface area contributed by atoms with Crippen LogP contribution in [0.5, 0.6) is 0 Å². The van der Waals surface area contributed by atoms with E-state index in [1.54, 1.807) is 0 Å². The van der Waals surface area contributed by atoms with Gasteiger partial charge in [0.15, 0.2) is 0 Å². The number of halogens is 17. The molecule has 1 N–H and O–H groups in total. The van der Waals surface area contributed by atoms with Crippen LogP contribution in [0.25, 0.3) is 64.6 Å². The summed E-state index contributed by atoms with van der Waals surface area (Å²) >= 11 is 0.156. The highest BCUT2D eigenvalue weighted by atomic mass is 32.2. The van der Waals surface area contributed by atoms with Crippen LogP contribution in [0.1, 0.15) is 29.9 Å². The first-order valence-electron chi connectivity index (χ1n) is 21.4. The molecule has 0 aliphatic carbocycles. The van der Waals surface area contributed by atoms with E-state index in [0.29, 0.717) is 0 Å². The Labute approximate surface area is 400 Å². The van der Waals surface area contributed by atoms with Gasteiger partial charge in [-0.05, 0) is 101 Å². The van der Waals surface area contributed by atoms with Crippen LogP contribution < -0.4 is 0 Å². The summed E-state index contributed by atoms with van der Waals surface area (Å²) in [5, 5.41) is 24.0. The molecule has 9 aromatic rings. The molecule has 0 saturated carbocycles. The van der Waals surface area contributed by atoms with Crippen LogP contribution in [-0.4, -0.2) is 64.5 Å². The van der Waals surface area contributed by atoms with E-state index in [0.717, 1.165) is 50.0 Å². The lowest BCUT2D eigenvalue weighted by molar-refractivity contribution is -0.461. The fourth-order valence-corrected chi connectivity index (χ4v) is 9.79. The maximum absolute atomic E-state index is 14.3. The summed E-state index contributed by atoms with van der Waals surface area (Å²) in [6.45, 7) is 0. The number of alkyl halides is 17. The third kappa shape index (κ3) is 8.30. The second-order valence-electron chi connectivity index (χ2n) is 17.1. The lowest BCUT2D eigenvalue weighted by Crippen LogP contribution is -2.74. The Morgan fingerprint density at radius 1 is 0.431 bits per heavy atom. The van der Waals surface area contributed by atoms with Gasteiger partial charge in [-0.3, -0.25) is 4.79 Å². The van der Waals surface area contributed by atoms with E-state index in [2.05, 4.69) is 60.7 Å². The van der Waals surface area contributed by atoms with Crippen molar-refractivity contribution in [1.82, 2.24) is 0 Å². The van der Waals surface area contributed by atoms with E-state index >= 15 is 0 Å². The molecule has 378 valence electrons. The van der Waals surface area contributed by atoms with Crippen molar-refractivity contribution >= 4 is 82.4 Å². The van der Waals surface area contributed by atoms with Gasteiger partial charge in [0.25, 0.3) is 0 Å². The first-order valence-corrected chi connectivity index (χ1v) is 22.4. The highest BCUT2D eigenvalue weighted by Gasteiger charge is 2.95. The van der Waals surface area contributed by atoms with Gasteiger partial charge in [-0.2, -0.15) is 74.6 Å². The molecule has 0 bridgehead atoms.